The van der Waals surface area contributed by atoms with Crippen LogP contribution in [0.15, 0.2) is 46.0 Å². The van der Waals surface area contributed by atoms with Crippen molar-refractivity contribution in [3.63, 3.8) is 0 Å². The first-order chi connectivity index (χ1) is 11.5. The number of aromatic nitrogens is 2. The van der Waals surface area contributed by atoms with Crippen LogP contribution in [-0.2, 0) is 13.1 Å². The van der Waals surface area contributed by atoms with Crippen molar-refractivity contribution in [1.29, 1.82) is 0 Å². The maximum atomic E-state index is 12.4. The fraction of sp³-hybridized carbons (Fsp3) is 0.125. The van der Waals surface area contributed by atoms with Gasteiger partial charge in [0.05, 0.1) is 0 Å². The van der Waals surface area contributed by atoms with Gasteiger partial charge < -0.3 is 0 Å². The molecule has 0 saturated heterocycles. The summed E-state index contributed by atoms with van der Waals surface area (Å²) < 4.78 is 5.67. The van der Waals surface area contributed by atoms with Crippen molar-refractivity contribution in [3.05, 3.63) is 67.2 Å². The summed E-state index contributed by atoms with van der Waals surface area (Å²) in [4.78, 5) is 24.9. The fourth-order valence-corrected chi connectivity index (χ4v) is 7.50. The van der Waals surface area contributed by atoms with Gasteiger partial charge >= 0.3 is 159 Å². The Morgan fingerprint density at radius 1 is 0.750 bits per heavy atom. The average molecular weight is 491 g/mol. The van der Waals surface area contributed by atoms with Crippen LogP contribution in [0.2, 0.25) is 10.0 Å². The molecule has 2 aromatic carbocycles. The number of halogens is 2. The first-order valence-electron chi connectivity index (χ1n) is 7.12. The molecule has 8 heteroatoms. The molecule has 4 aromatic rings. The van der Waals surface area contributed by atoms with E-state index >= 15 is 0 Å². The number of benzene rings is 2. The van der Waals surface area contributed by atoms with Crippen molar-refractivity contribution in [1.82, 2.24) is 7.12 Å². The second-order valence-corrected chi connectivity index (χ2v) is 10.6. The Morgan fingerprint density at radius 3 is 1.58 bits per heavy atom. The second-order valence-electron chi connectivity index (χ2n) is 5.28. The molecule has 0 atom stereocenters. The molecule has 24 heavy (non-hydrogen) atoms. The predicted octanol–water partition coefficient (Wildman–Crippen LogP) is 2.44. The van der Waals surface area contributed by atoms with Crippen LogP contribution in [-0.4, -0.2) is 36.6 Å². The molecule has 4 nitrogen and oxygen atoms in total. The Labute approximate surface area is 158 Å². The van der Waals surface area contributed by atoms with Crippen LogP contribution in [0, 0.1) is 0 Å². The van der Waals surface area contributed by atoms with Crippen LogP contribution in [0.1, 0.15) is 0 Å². The average Bonchev–Trinajstić information content (AvgIpc) is 3.02. The van der Waals surface area contributed by atoms with Gasteiger partial charge in [0, 0.05) is 0 Å². The topological polar surface area (TPSA) is 44.0 Å². The van der Waals surface area contributed by atoms with E-state index in [0.29, 0.717) is 23.1 Å². The molecule has 0 radical (unpaired) electrons. The van der Waals surface area contributed by atoms with Crippen molar-refractivity contribution >= 4 is 72.0 Å². The summed E-state index contributed by atoms with van der Waals surface area (Å²) in [6.07, 6.45) is 0. The molecular weight excluding hydrogens is 481 g/mol. The van der Waals surface area contributed by atoms with E-state index < -0.39 is 0 Å². The van der Waals surface area contributed by atoms with Crippen LogP contribution in [0.3, 0.4) is 0 Å². The van der Waals surface area contributed by atoms with Gasteiger partial charge in [-0.25, -0.2) is 0 Å². The number of hydrogen-bond donors (Lipinski definition) is 0. The van der Waals surface area contributed by atoms with Crippen LogP contribution in [0.5, 0.6) is 0 Å². The quantitative estimate of drug-likeness (QED) is 0.414. The Kier molecular flexibility index (Phi) is 4.38. The second kappa shape index (κ2) is 6.38. The molecule has 0 aliphatic rings. The molecule has 0 spiro atoms. The van der Waals surface area contributed by atoms with Crippen molar-refractivity contribution in [2.75, 3.05) is 0 Å². The molecule has 0 aliphatic carbocycles. The summed E-state index contributed by atoms with van der Waals surface area (Å²) in [5.74, 6) is 0. The Bertz CT molecular complexity index is 1090. The van der Waals surface area contributed by atoms with E-state index in [1.165, 1.54) is 0 Å². The molecule has 0 fully saturated rings. The molecule has 0 N–H and O–H groups in total. The van der Waals surface area contributed by atoms with Gasteiger partial charge in [0.2, 0.25) is 0 Å². The monoisotopic (exact) mass is 492 g/mol. The van der Waals surface area contributed by atoms with Crippen molar-refractivity contribution in [2.45, 2.75) is 13.1 Å². The zero-order valence-corrected chi connectivity index (χ0v) is 17.1. The molecule has 0 aliphatic heterocycles. The third kappa shape index (κ3) is 2.88. The first kappa shape index (κ1) is 16.5. The molecule has 4 rings (SSSR count). The van der Waals surface area contributed by atoms with Crippen molar-refractivity contribution < 1.29 is 0 Å². The van der Waals surface area contributed by atoms with Gasteiger partial charge in [0.1, 0.15) is 0 Å². The van der Waals surface area contributed by atoms with Gasteiger partial charge in [-0.15, -0.1) is 0 Å². The van der Waals surface area contributed by atoms with E-state index in [2.05, 4.69) is 0 Å². The third-order valence-corrected chi connectivity index (χ3v) is 8.82. The van der Waals surface area contributed by atoms with Crippen LogP contribution < -0.4 is 11.1 Å². The van der Waals surface area contributed by atoms with Crippen molar-refractivity contribution in [3.8, 4) is 0 Å². The number of hydrogen-bond acceptors (Lipinski definition) is 2. The van der Waals surface area contributed by atoms with E-state index in [1.807, 2.05) is 19.3 Å². The molecule has 2 aromatic heterocycles. The molecule has 0 unspecified atom stereocenters. The molecule has 2 heterocycles. The standard InChI is InChI=1S/C16H10Cl2N2O2Se2/c17-9-1-3-11-13(7-9)23-19(15(11)21)5-6-20-16(22)12-4-2-10(18)8-14(12)24-20/h1-4,7-8H,5-6H2. The van der Waals surface area contributed by atoms with Crippen LogP contribution in [0.25, 0.3) is 19.3 Å². The van der Waals surface area contributed by atoms with Crippen molar-refractivity contribution in [2.24, 2.45) is 0 Å². The van der Waals surface area contributed by atoms with E-state index in [4.69, 9.17) is 23.2 Å². The summed E-state index contributed by atoms with van der Waals surface area (Å²) in [5.41, 5.74) is 0.0581. The van der Waals surface area contributed by atoms with Gasteiger partial charge in [-0.1, -0.05) is 0 Å². The molecule has 0 saturated carbocycles. The third-order valence-electron chi connectivity index (χ3n) is 3.72. The van der Waals surface area contributed by atoms with Gasteiger partial charge in [-0.3, -0.25) is 0 Å². The van der Waals surface area contributed by atoms with E-state index in [0.717, 1.165) is 19.3 Å². The summed E-state index contributed by atoms with van der Waals surface area (Å²) in [6.45, 7) is 1.08. The van der Waals surface area contributed by atoms with Gasteiger partial charge in [0.15, 0.2) is 0 Å². The normalized spacial score (nSPS) is 11.6. The summed E-state index contributed by atoms with van der Waals surface area (Å²) >= 11 is 11.8. The Morgan fingerprint density at radius 2 is 1.17 bits per heavy atom. The SMILES string of the molecule is O=c1c2ccc(Cl)cc2[se]n1CCn1[se]c2cc(Cl)ccc2c1=O. The number of rotatable bonds is 3. The van der Waals surface area contributed by atoms with E-state index in [-0.39, 0.29) is 40.6 Å². The minimum atomic E-state index is -0.0801. The molecular formula is C16H10Cl2N2O2Se2. The molecule has 122 valence electrons. The Balaban J connectivity index is 1.68. The van der Waals surface area contributed by atoms with Gasteiger partial charge in [-0.2, -0.15) is 0 Å². The number of fused-ring (bicyclic) bond motifs is 2. The fourth-order valence-electron chi connectivity index (χ4n) is 2.56. The number of aryl methyl sites for hydroxylation is 2. The van der Waals surface area contributed by atoms with Crippen LogP contribution in [0.4, 0.5) is 0 Å². The summed E-state index contributed by atoms with van der Waals surface area (Å²) in [6, 6.07) is 10.8. The minimum absolute atomic E-state index is 0.0290. The summed E-state index contributed by atoms with van der Waals surface area (Å²) in [7, 11) is 0. The van der Waals surface area contributed by atoms with E-state index in [1.54, 1.807) is 24.3 Å². The van der Waals surface area contributed by atoms with Gasteiger partial charge in [-0.05, 0) is 0 Å². The van der Waals surface area contributed by atoms with Crippen LogP contribution >= 0.6 is 23.2 Å². The molecule has 0 amide bonds. The van der Waals surface area contributed by atoms with E-state index in [9.17, 15) is 9.59 Å². The zero-order chi connectivity index (χ0) is 16.8. The maximum absolute atomic E-state index is 12.4. The first-order valence-corrected chi connectivity index (χ1v) is 11.1. The summed E-state index contributed by atoms with van der Waals surface area (Å²) in [5, 5.41) is 2.76. The number of nitrogens with zero attached hydrogens (tertiary/aromatic N) is 2. The Hall–Kier alpha value is -1.00. The predicted molar refractivity (Wildman–Crippen MR) is 100 cm³/mol. The van der Waals surface area contributed by atoms with Gasteiger partial charge in [0.25, 0.3) is 0 Å². The molecule has 0 bridgehead atoms. The zero-order valence-electron chi connectivity index (χ0n) is 12.2.